The van der Waals surface area contributed by atoms with Crippen molar-refractivity contribution in [3.8, 4) is 0 Å². The highest BCUT2D eigenvalue weighted by atomic mass is 32.1. The molecular weight excluding hydrogens is 284 g/mol. The van der Waals surface area contributed by atoms with Crippen LogP contribution in [0.25, 0.3) is 0 Å². The zero-order chi connectivity index (χ0) is 14.7. The Morgan fingerprint density at radius 1 is 1.62 bits per heavy atom. The second-order valence-electron chi connectivity index (χ2n) is 5.49. The molecule has 1 N–H and O–H groups in total. The number of nitrogens with zero attached hydrogens (tertiary/aromatic N) is 3. The molecule has 0 bridgehead atoms. The van der Waals surface area contributed by atoms with Crippen LogP contribution in [0, 0.1) is 0 Å². The Labute approximate surface area is 128 Å². The molecule has 0 radical (unpaired) electrons. The third kappa shape index (κ3) is 3.26. The summed E-state index contributed by atoms with van der Waals surface area (Å²) in [5.74, 6) is 0. The van der Waals surface area contributed by atoms with E-state index in [9.17, 15) is 4.79 Å². The SMILES string of the molecule is C[C@@H](Cn1cccn1)NC(=O)N1CCC[C@@H]1c1ccsc1. The average Bonchev–Trinajstić information content (AvgIpc) is 3.20. The lowest BCUT2D eigenvalue weighted by Gasteiger charge is -2.26. The first-order valence-electron chi connectivity index (χ1n) is 7.30. The molecule has 0 aliphatic carbocycles. The summed E-state index contributed by atoms with van der Waals surface area (Å²) >= 11 is 1.69. The highest BCUT2D eigenvalue weighted by Gasteiger charge is 2.30. The predicted octanol–water partition coefficient (Wildman–Crippen LogP) is 2.88. The van der Waals surface area contributed by atoms with Crippen molar-refractivity contribution in [3.05, 3.63) is 40.8 Å². The summed E-state index contributed by atoms with van der Waals surface area (Å²) in [5.41, 5.74) is 1.26. The quantitative estimate of drug-likeness (QED) is 0.944. The summed E-state index contributed by atoms with van der Waals surface area (Å²) in [6.45, 7) is 3.53. The summed E-state index contributed by atoms with van der Waals surface area (Å²) in [6, 6.07) is 4.33. The summed E-state index contributed by atoms with van der Waals surface area (Å²) in [7, 11) is 0. The van der Waals surface area contributed by atoms with Gasteiger partial charge < -0.3 is 10.2 Å². The Kier molecular flexibility index (Phi) is 4.24. The van der Waals surface area contributed by atoms with Crippen molar-refractivity contribution in [1.29, 1.82) is 0 Å². The van der Waals surface area contributed by atoms with Gasteiger partial charge in [0.25, 0.3) is 0 Å². The fraction of sp³-hybridized carbons (Fsp3) is 0.467. The van der Waals surface area contributed by atoms with E-state index in [-0.39, 0.29) is 18.1 Å². The summed E-state index contributed by atoms with van der Waals surface area (Å²) in [6.07, 6.45) is 5.79. The molecular formula is C15H20N4OS. The molecule has 112 valence electrons. The molecule has 3 rings (SSSR count). The van der Waals surface area contributed by atoms with Crippen molar-refractivity contribution >= 4 is 17.4 Å². The monoisotopic (exact) mass is 304 g/mol. The topological polar surface area (TPSA) is 50.2 Å². The third-order valence-electron chi connectivity index (χ3n) is 3.83. The molecule has 1 aliphatic rings. The largest absolute Gasteiger partial charge is 0.334 e. The lowest BCUT2D eigenvalue weighted by molar-refractivity contribution is 0.188. The first-order chi connectivity index (χ1) is 10.2. The van der Waals surface area contributed by atoms with Gasteiger partial charge in [-0.3, -0.25) is 4.68 Å². The summed E-state index contributed by atoms with van der Waals surface area (Å²) in [4.78, 5) is 14.4. The molecule has 21 heavy (non-hydrogen) atoms. The van der Waals surface area contributed by atoms with Gasteiger partial charge in [-0.2, -0.15) is 16.4 Å². The first kappa shape index (κ1) is 14.1. The molecule has 6 heteroatoms. The highest BCUT2D eigenvalue weighted by molar-refractivity contribution is 7.07. The van der Waals surface area contributed by atoms with Crippen molar-refractivity contribution in [2.75, 3.05) is 6.54 Å². The van der Waals surface area contributed by atoms with Gasteiger partial charge in [0.1, 0.15) is 0 Å². The van der Waals surface area contributed by atoms with Gasteiger partial charge in [-0.05, 0) is 48.2 Å². The minimum absolute atomic E-state index is 0.0309. The molecule has 2 amide bonds. The number of hydrogen-bond donors (Lipinski definition) is 1. The van der Waals surface area contributed by atoms with Gasteiger partial charge >= 0.3 is 6.03 Å². The van der Waals surface area contributed by atoms with Crippen LogP contribution in [0.1, 0.15) is 31.4 Å². The van der Waals surface area contributed by atoms with Gasteiger partial charge in [-0.25, -0.2) is 4.79 Å². The molecule has 1 aliphatic heterocycles. The van der Waals surface area contributed by atoms with Crippen molar-refractivity contribution < 1.29 is 4.79 Å². The van der Waals surface area contributed by atoms with Crippen LogP contribution in [0.4, 0.5) is 4.79 Å². The van der Waals surface area contributed by atoms with Crippen LogP contribution < -0.4 is 5.32 Å². The Bertz CT molecular complexity index is 567. The standard InChI is InChI=1S/C15H20N4OS/c1-12(10-18-7-3-6-16-18)17-15(20)19-8-2-4-14(19)13-5-9-21-11-13/h3,5-7,9,11-12,14H,2,4,8,10H2,1H3,(H,17,20)/t12-,14+/m0/s1. The number of carbonyl (C=O) groups excluding carboxylic acids is 1. The van der Waals surface area contributed by atoms with Crippen LogP contribution in [0.15, 0.2) is 35.3 Å². The Balaban J connectivity index is 1.59. The van der Waals surface area contributed by atoms with E-state index < -0.39 is 0 Å². The van der Waals surface area contributed by atoms with Gasteiger partial charge in [-0.15, -0.1) is 0 Å². The molecule has 2 aromatic rings. The maximum atomic E-state index is 12.5. The number of carbonyl (C=O) groups is 1. The van der Waals surface area contributed by atoms with E-state index in [1.807, 2.05) is 28.8 Å². The second-order valence-corrected chi connectivity index (χ2v) is 6.27. The second kappa shape index (κ2) is 6.30. The van der Waals surface area contributed by atoms with Crippen LogP contribution in [-0.4, -0.2) is 33.3 Å². The van der Waals surface area contributed by atoms with E-state index >= 15 is 0 Å². The van der Waals surface area contributed by atoms with Gasteiger partial charge in [0.15, 0.2) is 0 Å². The minimum atomic E-state index is 0.0309. The van der Waals surface area contributed by atoms with Crippen molar-refractivity contribution in [2.45, 2.75) is 38.4 Å². The number of thiophene rings is 1. The smallest absolute Gasteiger partial charge is 0.318 e. The molecule has 2 atom stereocenters. The number of nitrogens with one attached hydrogen (secondary N) is 1. The molecule has 1 fully saturated rings. The van der Waals surface area contributed by atoms with Crippen LogP contribution in [0.5, 0.6) is 0 Å². The molecule has 0 spiro atoms. The van der Waals surface area contributed by atoms with Crippen molar-refractivity contribution in [1.82, 2.24) is 20.0 Å². The lowest BCUT2D eigenvalue weighted by atomic mass is 10.1. The Morgan fingerprint density at radius 3 is 3.24 bits per heavy atom. The van der Waals surface area contributed by atoms with Crippen molar-refractivity contribution in [3.63, 3.8) is 0 Å². The number of amides is 2. The number of aromatic nitrogens is 2. The zero-order valence-electron chi connectivity index (χ0n) is 12.1. The van der Waals surface area contributed by atoms with Crippen molar-refractivity contribution in [2.24, 2.45) is 0 Å². The van der Waals surface area contributed by atoms with Gasteiger partial charge in [-0.1, -0.05) is 0 Å². The number of likely N-dealkylation sites (tertiary alicyclic amines) is 1. The highest BCUT2D eigenvalue weighted by Crippen LogP contribution is 2.32. The minimum Gasteiger partial charge on any atom is -0.334 e. The molecule has 1 saturated heterocycles. The van der Waals surface area contributed by atoms with E-state index in [0.29, 0.717) is 6.54 Å². The molecule has 3 heterocycles. The molecule has 0 aromatic carbocycles. The summed E-state index contributed by atoms with van der Waals surface area (Å²) in [5, 5.41) is 11.5. The van der Waals surface area contributed by atoms with Crippen LogP contribution >= 0.6 is 11.3 Å². The fourth-order valence-corrected chi connectivity index (χ4v) is 3.56. The zero-order valence-corrected chi connectivity index (χ0v) is 12.9. The van der Waals surface area contributed by atoms with E-state index in [1.54, 1.807) is 17.5 Å². The normalized spacial score (nSPS) is 19.7. The summed E-state index contributed by atoms with van der Waals surface area (Å²) < 4.78 is 1.84. The number of rotatable bonds is 4. The third-order valence-corrected chi connectivity index (χ3v) is 4.53. The maximum Gasteiger partial charge on any atom is 0.318 e. The van der Waals surface area contributed by atoms with Crippen LogP contribution in [-0.2, 0) is 6.54 Å². The van der Waals surface area contributed by atoms with E-state index in [2.05, 4.69) is 27.2 Å². The maximum absolute atomic E-state index is 12.5. The van der Waals surface area contributed by atoms with Gasteiger partial charge in [0.05, 0.1) is 12.6 Å². The fourth-order valence-electron chi connectivity index (χ4n) is 2.85. The first-order valence-corrected chi connectivity index (χ1v) is 8.25. The Morgan fingerprint density at radius 2 is 2.52 bits per heavy atom. The average molecular weight is 304 g/mol. The van der Waals surface area contributed by atoms with Gasteiger partial charge in [0, 0.05) is 25.0 Å². The van der Waals surface area contributed by atoms with Crippen LogP contribution in [0.2, 0.25) is 0 Å². The van der Waals surface area contributed by atoms with E-state index in [4.69, 9.17) is 0 Å². The van der Waals surface area contributed by atoms with Crippen LogP contribution in [0.3, 0.4) is 0 Å². The molecule has 0 saturated carbocycles. The molecule has 0 unspecified atom stereocenters. The van der Waals surface area contributed by atoms with Gasteiger partial charge in [0.2, 0.25) is 0 Å². The molecule has 2 aromatic heterocycles. The predicted molar refractivity (Wildman–Crippen MR) is 83.2 cm³/mol. The number of urea groups is 1. The van der Waals surface area contributed by atoms with E-state index in [1.165, 1.54) is 5.56 Å². The Hall–Kier alpha value is -1.82. The van der Waals surface area contributed by atoms with E-state index in [0.717, 1.165) is 19.4 Å². The number of hydrogen-bond acceptors (Lipinski definition) is 3. The lowest BCUT2D eigenvalue weighted by Crippen LogP contribution is -2.44. The molecule has 5 nitrogen and oxygen atoms in total.